The molecule has 1 aromatic carbocycles. The Hall–Kier alpha value is -2.98. The average molecular weight is 424 g/mol. The molecule has 1 amide bonds. The van der Waals surface area contributed by atoms with Crippen LogP contribution >= 0.6 is 22.9 Å². The third kappa shape index (κ3) is 3.56. The number of alkyl halides is 3. The summed E-state index contributed by atoms with van der Waals surface area (Å²) in [7, 11) is 0. The minimum Gasteiger partial charge on any atom is -0.319 e. The third-order valence-corrected chi connectivity index (χ3v) is 4.83. The lowest BCUT2D eigenvalue weighted by Gasteiger charge is -2.09. The first kappa shape index (κ1) is 18.4. The second kappa shape index (κ2) is 6.88. The lowest BCUT2D eigenvalue weighted by molar-refractivity contribution is -0.142. The molecule has 28 heavy (non-hydrogen) atoms. The number of hydrogen-bond donors (Lipinski definition) is 1. The molecule has 4 rings (SSSR count). The molecule has 0 saturated carbocycles. The highest BCUT2D eigenvalue weighted by Gasteiger charge is 2.36. The van der Waals surface area contributed by atoms with Crippen LogP contribution in [0.5, 0.6) is 0 Å². The van der Waals surface area contributed by atoms with Crippen molar-refractivity contribution in [3.05, 3.63) is 64.4 Å². The standard InChI is InChI=1S/C17H9ClF3N5OS/c18-9-3-5-10(6-4-9)22-15(27)14-24-16-23-11(12-2-1-7-28-12)8-13(17(19,20)21)26(16)25-14/h1-8H,(H,22,27). The van der Waals surface area contributed by atoms with E-state index >= 15 is 0 Å². The quantitative estimate of drug-likeness (QED) is 0.515. The molecule has 11 heteroatoms. The molecule has 1 N–H and O–H groups in total. The maximum absolute atomic E-state index is 13.5. The van der Waals surface area contributed by atoms with Crippen molar-refractivity contribution in [2.24, 2.45) is 0 Å². The number of rotatable bonds is 3. The van der Waals surface area contributed by atoms with Crippen molar-refractivity contribution in [2.45, 2.75) is 6.18 Å². The van der Waals surface area contributed by atoms with Crippen molar-refractivity contribution in [2.75, 3.05) is 5.32 Å². The van der Waals surface area contributed by atoms with Gasteiger partial charge in [0.2, 0.25) is 5.82 Å². The van der Waals surface area contributed by atoms with Crippen LogP contribution in [0, 0.1) is 0 Å². The molecular formula is C17H9ClF3N5OS. The van der Waals surface area contributed by atoms with Crippen molar-refractivity contribution in [3.63, 3.8) is 0 Å². The zero-order chi connectivity index (χ0) is 19.9. The minimum atomic E-state index is -4.70. The number of halogens is 4. The Kier molecular flexibility index (Phi) is 4.52. The summed E-state index contributed by atoms with van der Waals surface area (Å²) in [5, 5.41) is 8.41. The molecule has 4 aromatic rings. The van der Waals surface area contributed by atoms with Crippen LogP contribution in [0.15, 0.2) is 47.8 Å². The first-order chi connectivity index (χ1) is 13.3. The lowest BCUT2D eigenvalue weighted by Crippen LogP contribution is -2.15. The highest BCUT2D eigenvalue weighted by molar-refractivity contribution is 7.13. The van der Waals surface area contributed by atoms with Gasteiger partial charge in [0.1, 0.15) is 0 Å². The molecule has 3 aromatic heterocycles. The Balaban J connectivity index is 1.77. The fourth-order valence-corrected chi connectivity index (χ4v) is 3.25. The van der Waals surface area contributed by atoms with E-state index in [1.54, 1.807) is 41.8 Å². The van der Waals surface area contributed by atoms with Crippen molar-refractivity contribution in [1.82, 2.24) is 19.6 Å². The Bertz CT molecular complexity index is 1160. The maximum Gasteiger partial charge on any atom is 0.433 e. The number of thiophene rings is 1. The fraction of sp³-hybridized carbons (Fsp3) is 0.0588. The van der Waals surface area contributed by atoms with Crippen molar-refractivity contribution in [3.8, 4) is 10.6 Å². The predicted molar refractivity (Wildman–Crippen MR) is 98.5 cm³/mol. The van der Waals surface area contributed by atoms with Crippen LogP contribution in [0.25, 0.3) is 16.3 Å². The number of carbonyl (C=O) groups excluding carboxylic acids is 1. The molecule has 0 fully saturated rings. The van der Waals surface area contributed by atoms with Crippen molar-refractivity contribution < 1.29 is 18.0 Å². The molecule has 3 heterocycles. The first-order valence-electron chi connectivity index (χ1n) is 7.77. The number of hydrogen-bond acceptors (Lipinski definition) is 5. The summed E-state index contributed by atoms with van der Waals surface area (Å²) >= 11 is 7.02. The van der Waals surface area contributed by atoms with E-state index in [1.807, 2.05) is 0 Å². The van der Waals surface area contributed by atoms with Gasteiger partial charge in [-0.1, -0.05) is 17.7 Å². The first-order valence-corrected chi connectivity index (χ1v) is 9.03. The molecule has 0 radical (unpaired) electrons. The number of benzene rings is 1. The summed E-state index contributed by atoms with van der Waals surface area (Å²) in [6.07, 6.45) is -4.70. The SMILES string of the molecule is O=C(Nc1ccc(Cl)cc1)c1nc2nc(-c3cccs3)cc(C(F)(F)F)n2n1. The van der Waals surface area contributed by atoms with Gasteiger partial charge in [0, 0.05) is 10.7 Å². The largest absolute Gasteiger partial charge is 0.433 e. The molecule has 142 valence electrons. The maximum atomic E-state index is 13.5. The second-order valence-electron chi connectivity index (χ2n) is 5.61. The molecule has 0 atom stereocenters. The smallest absolute Gasteiger partial charge is 0.319 e. The Morgan fingerprint density at radius 2 is 1.89 bits per heavy atom. The fourth-order valence-electron chi connectivity index (χ4n) is 2.44. The van der Waals surface area contributed by atoms with E-state index in [4.69, 9.17) is 11.6 Å². The topological polar surface area (TPSA) is 72.2 Å². The Morgan fingerprint density at radius 3 is 2.54 bits per heavy atom. The normalized spacial score (nSPS) is 11.7. The van der Waals surface area contributed by atoms with Gasteiger partial charge < -0.3 is 5.32 Å². The van der Waals surface area contributed by atoms with Crippen LogP contribution < -0.4 is 5.32 Å². The predicted octanol–water partition coefficient (Wildman–Crippen LogP) is 4.78. The minimum absolute atomic E-state index is 0.104. The van der Waals surface area contributed by atoms with E-state index < -0.39 is 23.6 Å². The highest BCUT2D eigenvalue weighted by atomic mass is 35.5. The molecule has 0 aliphatic carbocycles. The molecule has 0 aliphatic heterocycles. The van der Waals surface area contributed by atoms with Crippen LogP contribution in [0.2, 0.25) is 5.02 Å². The highest BCUT2D eigenvalue weighted by Crippen LogP contribution is 2.33. The lowest BCUT2D eigenvalue weighted by atomic mass is 10.3. The number of anilines is 1. The number of nitrogens with zero attached hydrogens (tertiary/aromatic N) is 4. The van der Waals surface area contributed by atoms with E-state index in [0.29, 0.717) is 20.1 Å². The summed E-state index contributed by atoms with van der Waals surface area (Å²) in [4.78, 5) is 20.9. The van der Waals surface area contributed by atoms with Gasteiger partial charge in [-0.05, 0) is 41.8 Å². The van der Waals surface area contributed by atoms with Crippen molar-refractivity contribution >= 4 is 40.3 Å². The van der Waals surface area contributed by atoms with Gasteiger partial charge in [-0.15, -0.1) is 16.4 Å². The zero-order valence-corrected chi connectivity index (χ0v) is 15.3. The Morgan fingerprint density at radius 1 is 1.14 bits per heavy atom. The average Bonchev–Trinajstić information content (AvgIpc) is 3.31. The summed E-state index contributed by atoms with van der Waals surface area (Å²) in [5.41, 5.74) is -0.567. The van der Waals surface area contributed by atoms with Gasteiger partial charge >= 0.3 is 6.18 Å². The summed E-state index contributed by atoms with van der Waals surface area (Å²) in [5.74, 6) is -1.52. The van der Waals surface area contributed by atoms with Crippen LogP contribution in [0.4, 0.5) is 18.9 Å². The molecule has 0 unspecified atom stereocenters. The van der Waals surface area contributed by atoms with E-state index in [9.17, 15) is 18.0 Å². The second-order valence-corrected chi connectivity index (χ2v) is 6.99. The molecule has 0 aliphatic rings. The van der Waals surface area contributed by atoms with Crippen LogP contribution in [0.1, 0.15) is 16.3 Å². The number of carbonyl (C=O) groups is 1. The molecule has 0 saturated heterocycles. The van der Waals surface area contributed by atoms with Gasteiger partial charge in [-0.2, -0.15) is 22.7 Å². The van der Waals surface area contributed by atoms with E-state index in [0.717, 1.165) is 6.07 Å². The summed E-state index contributed by atoms with van der Waals surface area (Å²) < 4.78 is 41.0. The number of nitrogens with one attached hydrogen (secondary N) is 1. The Labute approximate surface area is 164 Å². The molecular weight excluding hydrogens is 415 g/mol. The summed E-state index contributed by atoms with van der Waals surface area (Å²) in [6.45, 7) is 0. The van der Waals surface area contributed by atoms with Gasteiger partial charge in [0.15, 0.2) is 5.69 Å². The van der Waals surface area contributed by atoms with Gasteiger partial charge in [-0.25, -0.2) is 4.98 Å². The monoisotopic (exact) mass is 423 g/mol. The van der Waals surface area contributed by atoms with Gasteiger partial charge in [-0.3, -0.25) is 4.79 Å². The van der Waals surface area contributed by atoms with Crippen LogP contribution in [-0.2, 0) is 6.18 Å². The van der Waals surface area contributed by atoms with Crippen LogP contribution in [-0.4, -0.2) is 25.5 Å². The van der Waals surface area contributed by atoms with Gasteiger partial charge in [0.05, 0.1) is 10.6 Å². The molecule has 0 spiro atoms. The summed E-state index contributed by atoms with van der Waals surface area (Å²) in [6, 6.07) is 10.4. The van der Waals surface area contributed by atoms with Gasteiger partial charge in [0.25, 0.3) is 11.7 Å². The number of aromatic nitrogens is 4. The number of amides is 1. The molecule has 6 nitrogen and oxygen atoms in total. The third-order valence-electron chi connectivity index (χ3n) is 3.68. The van der Waals surface area contributed by atoms with E-state index in [2.05, 4.69) is 20.4 Å². The van der Waals surface area contributed by atoms with E-state index in [1.165, 1.54) is 11.3 Å². The molecule has 0 bridgehead atoms. The van der Waals surface area contributed by atoms with Crippen molar-refractivity contribution in [1.29, 1.82) is 0 Å². The number of fused-ring (bicyclic) bond motifs is 1. The van der Waals surface area contributed by atoms with Crippen LogP contribution in [0.3, 0.4) is 0 Å². The zero-order valence-electron chi connectivity index (χ0n) is 13.7. The van der Waals surface area contributed by atoms with E-state index in [-0.39, 0.29) is 11.5 Å².